The summed E-state index contributed by atoms with van der Waals surface area (Å²) in [5.41, 5.74) is 3.18. The summed E-state index contributed by atoms with van der Waals surface area (Å²) in [6.45, 7) is 5.12. The number of carbonyl (C=O) groups excluding carboxylic acids is 1. The van der Waals surface area contributed by atoms with E-state index in [2.05, 4.69) is 18.3 Å². The highest BCUT2D eigenvalue weighted by Gasteiger charge is 2.32. The zero-order chi connectivity index (χ0) is 15.7. The number of benzene rings is 1. The average molecular weight is 302 g/mol. The van der Waals surface area contributed by atoms with E-state index in [9.17, 15) is 9.90 Å². The van der Waals surface area contributed by atoms with Gasteiger partial charge in [-0.15, -0.1) is 0 Å². The van der Waals surface area contributed by atoms with Gasteiger partial charge in [-0.2, -0.15) is 0 Å². The molecule has 3 atom stereocenters. The molecule has 0 bridgehead atoms. The summed E-state index contributed by atoms with van der Waals surface area (Å²) in [7, 11) is 0. The quantitative estimate of drug-likeness (QED) is 0.899. The van der Waals surface area contributed by atoms with Gasteiger partial charge in [0.05, 0.1) is 6.10 Å². The van der Waals surface area contributed by atoms with Gasteiger partial charge in [0.1, 0.15) is 0 Å². The second kappa shape index (κ2) is 6.39. The minimum atomic E-state index is -0.455. The van der Waals surface area contributed by atoms with E-state index in [0.717, 1.165) is 43.5 Å². The van der Waals surface area contributed by atoms with Gasteiger partial charge in [0, 0.05) is 24.2 Å². The van der Waals surface area contributed by atoms with E-state index >= 15 is 0 Å². The first-order chi connectivity index (χ1) is 10.6. The van der Waals surface area contributed by atoms with Crippen LogP contribution >= 0.6 is 0 Å². The molecule has 4 heteroatoms. The van der Waals surface area contributed by atoms with E-state index in [0.29, 0.717) is 6.42 Å². The molecule has 2 aliphatic rings. The molecule has 3 rings (SSSR count). The Balaban J connectivity index is 1.83. The number of nitrogens with one attached hydrogen (secondary N) is 1. The molecule has 4 nitrogen and oxygen atoms in total. The molecule has 0 spiro atoms. The first-order valence-electron chi connectivity index (χ1n) is 8.48. The Labute approximate surface area is 132 Å². The van der Waals surface area contributed by atoms with Gasteiger partial charge < -0.3 is 15.3 Å². The third-order valence-electron chi connectivity index (χ3n) is 4.87. The van der Waals surface area contributed by atoms with Crippen LogP contribution in [0.4, 0.5) is 5.69 Å². The molecule has 1 amide bonds. The predicted octanol–water partition coefficient (Wildman–Crippen LogP) is 2.55. The van der Waals surface area contributed by atoms with E-state index in [1.807, 2.05) is 24.0 Å². The molecule has 3 unspecified atom stereocenters. The van der Waals surface area contributed by atoms with Crippen LogP contribution in [0.2, 0.25) is 0 Å². The van der Waals surface area contributed by atoms with Gasteiger partial charge in [-0.05, 0) is 56.3 Å². The molecule has 0 saturated carbocycles. The van der Waals surface area contributed by atoms with Crippen molar-refractivity contribution in [3.05, 3.63) is 29.3 Å². The van der Waals surface area contributed by atoms with Gasteiger partial charge in [-0.3, -0.25) is 4.79 Å². The van der Waals surface area contributed by atoms with Crippen molar-refractivity contribution >= 4 is 11.6 Å². The van der Waals surface area contributed by atoms with Crippen LogP contribution in [-0.2, 0) is 11.2 Å². The lowest BCUT2D eigenvalue weighted by atomic mass is 9.98. The van der Waals surface area contributed by atoms with Crippen molar-refractivity contribution < 1.29 is 9.90 Å². The highest BCUT2D eigenvalue weighted by Crippen LogP contribution is 2.35. The first-order valence-corrected chi connectivity index (χ1v) is 8.48. The molecule has 22 heavy (non-hydrogen) atoms. The van der Waals surface area contributed by atoms with Crippen LogP contribution < -0.4 is 10.2 Å². The summed E-state index contributed by atoms with van der Waals surface area (Å²) < 4.78 is 0. The number of carbonyl (C=O) groups is 1. The van der Waals surface area contributed by atoms with Crippen molar-refractivity contribution in [1.29, 1.82) is 0 Å². The monoisotopic (exact) mass is 302 g/mol. The zero-order valence-electron chi connectivity index (χ0n) is 13.5. The van der Waals surface area contributed by atoms with Crippen LogP contribution in [0.5, 0.6) is 0 Å². The van der Waals surface area contributed by atoms with Crippen LogP contribution in [0.25, 0.3) is 0 Å². The van der Waals surface area contributed by atoms with E-state index in [4.69, 9.17) is 0 Å². The highest BCUT2D eigenvalue weighted by atomic mass is 16.3. The van der Waals surface area contributed by atoms with Crippen molar-refractivity contribution in [3.8, 4) is 0 Å². The van der Waals surface area contributed by atoms with Gasteiger partial charge >= 0.3 is 0 Å². The molecule has 1 saturated heterocycles. The summed E-state index contributed by atoms with van der Waals surface area (Å²) >= 11 is 0. The Kier molecular flexibility index (Phi) is 4.50. The number of hydrogen-bond acceptors (Lipinski definition) is 3. The number of nitrogens with zero attached hydrogens (tertiary/aromatic N) is 1. The summed E-state index contributed by atoms with van der Waals surface area (Å²) in [5, 5.41) is 13.9. The molecule has 2 heterocycles. The minimum Gasteiger partial charge on any atom is -0.387 e. The van der Waals surface area contributed by atoms with E-state index in [-0.39, 0.29) is 18.0 Å². The molecule has 0 aromatic heterocycles. The summed E-state index contributed by atoms with van der Waals surface area (Å²) in [6, 6.07) is 6.46. The van der Waals surface area contributed by atoms with Crippen LogP contribution in [0.15, 0.2) is 18.2 Å². The second-order valence-corrected chi connectivity index (χ2v) is 6.60. The van der Waals surface area contributed by atoms with Crippen molar-refractivity contribution in [2.45, 2.75) is 64.1 Å². The maximum Gasteiger partial charge on any atom is 0.227 e. The van der Waals surface area contributed by atoms with Crippen molar-refractivity contribution in [2.24, 2.45) is 0 Å². The Morgan fingerprint density at radius 2 is 2.32 bits per heavy atom. The fourth-order valence-electron chi connectivity index (χ4n) is 3.76. The molecule has 1 aromatic carbocycles. The molecular formula is C18H26N2O2. The Bertz CT molecular complexity index is 552. The van der Waals surface area contributed by atoms with E-state index in [1.165, 1.54) is 5.56 Å². The summed E-state index contributed by atoms with van der Waals surface area (Å²) in [5.74, 6) is 0.208. The lowest BCUT2D eigenvalue weighted by Gasteiger charge is -2.23. The number of hydrogen-bond donors (Lipinski definition) is 2. The van der Waals surface area contributed by atoms with Gasteiger partial charge in [-0.25, -0.2) is 0 Å². The number of fused-ring (bicyclic) bond motifs is 1. The minimum absolute atomic E-state index is 0.162. The molecule has 2 N–H and O–H groups in total. The number of anilines is 1. The smallest absolute Gasteiger partial charge is 0.227 e. The lowest BCUT2D eigenvalue weighted by Crippen LogP contribution is -2.35. The average Bonchev–Trinajstić information content (AvgIpc) is 3.12. The number of aliphatic hydroxyl groups excluding tert-OH is 1. The number of aliphatic hydroxyl groups is 1. The lowest BCUT2D eigenvalue weighted by molar-refractivity contribution is -0.118. The number of rotatable bonds is 4. The van der Waals surface area contributed by atoms with E-state index < -0.39 is 6.10 Å². The van der Waals surface area contributed by atoms with Gasteiger partial charge in [0.25, 0.3) is 0 Å². The predicted molar refractivity (Wildman–Crippen MR) is 88.0 cm³/mol. The maximum absolute atomic E-state index is 12.3. The fourth-order valence-corrected chi connectivity index (χ4v) is 3.76. The third kappa shape index (κ3) is 2.77. The van der Waals surface area contributed by atoms with Gasteiger partial charge in [0.15, 0.2) is 0 Å². The molecule has 120 valence electrons. The van der Waals surface area contributed by atoms with Gasteiger partial charge in [0.2, 0.25) is 5.91 Å². The fraction of sp³-hybridized carbons (Fsp3) is 0.611. The third-order valence-corrected chi connectivity index (χ3v) is 4.87. The Morgan fingerprint density at radius 3 is 3.00 bits per heavy atom. The van der Waals surface area contributed by atoms with Crippen molar-refractivity contribution in [1.82, 2.24) is 5.32 Å². The zero-order valence-corrected chi connectivity index (χ0v) is 13.5. The van der Waals surface area contributed by atoms with Crippen LogP contribution in [0, 0.1) is 0 Å². The molecule has 1 fully saturated rings. The maximum atomic E-state index is 12.3. The largest absolute Gasteiger partial charge is 0.387 e. The van der Waals surface area contributed by atoms with E-state index in [1.54, 1.807) is 0 Å². The highest BCUT2D eigenvalue weighted by molar-refractivity contribution is 5.96. The normalized spacial score (nSPS) is 25.3. The topological polar surface area (TPSA) is 52.6 Å². The number of amides is 1. The summed E-state index contributed by atoms with van der Waals surface area (Å²) in [4.78, 5) is 14.2. The molecule has 0 radical (unpaired) electrons. The molecule has 1 aromatic rings. The van der Waals surface area contributed by atoms with Crippen LogP contribution in [0.3, 0.4) is 0 Å². The Hall–Kier alpha value is -1.39. The molecule has 2 aliphatic heterocycles. The van der Waals surface area contributed by atoms with Crippen LogP contribution in [0.1, 0.15) is 56.8 Å². The van der Waals surface area contributed by atoms with Gasteiger partial charge in [-0.1, -0.05) is 19.1 Å². The standard InChI is InChI=1S/C18H26N2O2/c1-3-5-17(21)20-12(2)10-14-11-13(7-8-16(14)20)18(22)15-6-4-9-19-15/h7-8,11-12,15,18-19,22H,3-6,9-10H2,1-2H3. The molecule has 0 aliphatic carbocycles. The Morgan fingerprint density at radius 1 is 1.50 bits per heavy atom. The SMILES string of the molecule is CCCC(=O)N1c2ccc(C(O)C3CCCN3)cc2CC1C. The van der Waals surface area contributed by atoms with Crippen molar-refractivity contribution in [3.63, 3.8) is 0 Å². The first kappa shape index (κ1) is 15.5. The van der Waals surface area contributed by atoms with Crippen molar-refractivity contribution in [2.75, 3.05) is 11.4 Å². The molecular weight excluding hydrogens is 276 g/mol. The summed E-state index contributed by atoms with van der Waals surface area (Å²) in [6.07, 6.45) is 4.05. The van der Waals surface area contributed by atoms with Crippen LogP contribution in [-0.4, -0.2) is 29.6 Å². The second-order valence-electron chi connectivity index (χ2n) is 6.60.